The van der Waals surface area contributed by atoms with E-state index in [1.54, 1.807) is 0 Å². The molecular formula is C23H32O4. The van der Waals surface area contributed by atoms with Crippen molar-refractivity contribution in [2.24, 2.45) is 22.7 Å². The van der Waals surface area contributed by atoms with Gasteiger partial charge >= 0.3 is 0 Å². The molecule has 2 saturated carbocycles. The lowest BCUT2D eigenvalue weighted by atomic mass is 9.48. The van der Waals surface area contributed by atoms with Crippen LogP contribution < -0.4 is 0 Å². The third kappa shape index (κ3) is 2.80. The Labute approximate surface area is 162 Å². The number of Topliss-reactive ketones (excluding diaryl/α,β-unsaturated/α-hetero) is 1. The number of rotatable bonds is 4. The highest BCUT2D eigenvalue weighted by Gasteiger charge is 2.60. The first-order chi connectivity index (χ1) is 12.9. The molecule has 0 radical (unpaired) electrons. The minimum absolute atomic E-state index is 0.0218. The molecule has 4 heteroatoms. The molecule has 4 aliphatic rings. The minimum atomic E-state index is -0.542. The standard InChI is InChI=1S/C23H32O4/c1-4-8-22(9-5-2)15-18(24)19-17(20(22)25)7-6-16-14-23(26-12-13-27-23)11-10-21(16,19)3/h4-6,17-19,24H,1-2,7-15H2,3H3/t17-,18+,19-,21+/m1/s1. The third-order valence-electron chi connectivity index (χ3n) is 7.76. The largest absolute Gasteiger partial charge is 0.393 e. The van der Waals surface area contributed by atoms with E-state index in [9.17, 15) is 9.90 Å². The molecule has 1 spiro atoms. The second-order valence-corrected chi connectivity index (χ2v) is 9.20. The predicted octanol–water partition coefficient (Wildman–Crippen LogP) is 3.95. The van der Waals surface area contributed by atoms with Gasteiger partial charge in [-0.05, 0) is 37.5 Å². The summed E-state index contributed by atoms with van der Waals surface area (Å²) in [6, 6.07) is 0. The normalized spacial score (nSPS) is 39.4. The lowest BCUT2D eigenvalue weighted by Crippen LogP contribution is -2.58. The molecule has 0 aromatic carbocycles. The maximum absolute atomic E-state index is 13.6. The van der Waals surface area contributed by atoms with E-state index in [0.717, 1.165) is 19.3 Å². The van der Waals surface area contributed by atoms with Gasteiger partial charge in [-0.15, -0.1) is 13.2 Å². The SMILES string of the molecule is C=CCC1(CC=C)C[C@H](O)[C@H]2[C@@H](CC=C3CC4(CC[C@@]32C)OCCO4)C1=O. The molecule has 0 aromatic rings. The number of hydrogen-bond acceptors (Lipinski definition) is 4. The van der Waals surface area contributed by atoms with Crippen molar-refractivity contribution in [3.8, 4) is 0 Å². The number of allylic oxidation sites excluding steroid dienone is 3. The number of hydrogen-bond donors (Lipinski definition) is 1. The van der Waals surface area contributed by atoms with Crippen molar-refractivity contribution in [3.63, 3.8) is 0 Å². The molecule has 4 rings (SSSR count). The van der Waals surface area contributed by atoms with Crippen LogP contribution in [0.5, 0.6) is 0 Å². The number of aliphatic hydroxyl groups is 1. The quantitative estimate of drug-likeness (QED) is 0.759. The monoisotopic (exact) mass is 372 g/mol. The van der Waals surface area contributed by atoms with Crippen molar-refractivity contribution < 1.29 is 19.4 Å². The van der Waals surface area contributed by atoms with Crippen LogP contribution in [0.4, 0.5) is 0 Å². The summed E-state index contributed by atoms with van der Waals surface area (Å²) in [5.74, 6) is -0.326. The number of carbonyl (C=O) groups excluding carboxylic acids is 1. The van der Waals surface area contributed by atoms with Gasteiger partial charge in [-0.25, -0.2) is 0 Å². The third-order valence-corrected chi connectivity index (χ3v) is 7.76. The minimum Gasteiger partial charge on any atom is -0.393 e. The van der Waals surface area contributed by atoms with E-state index in [1.807, 2.05) is 12.2 Å². The molecule has 3 fully saturated rings. The molecule has 1 N–H and O–H groups in total. The average molecular weight is 373 g/mol. The summed E-state index contributed by atoms with van der Waals surface area (Å²) in [5, 5.41) is 11.3. The molecule has 0 unspecified atom stereocenters. The van der Waals surface area contributed by atoms with Crippen LogP contribution in [0.25, 0.3) is 0 Å². The Morgan fingerprint density at radius 2 is 1.89 bits per heavy atom. The van der Waals surface area contributed by atoms with Crippen LogP contribution in [-0.2, 0) is 14.3 Å². The first-order valence-electron chi connectivity index (χ1n) is 10.3. The Kier molecular flexibility index (Phi) is 4.73. The number of aliphatic hydroxyl groups excluding tert-OH is 1. The first-order valence-corrected chi connectivity index (χ1v) is 10.3. The summed E-state index contributed by atoms with van der Waals surface area (Å²) in [6.45, 7) is 11.3. The zero-order valence-corrected chi connectivity index (χ0v) is 16.4. The lowest BCUT2D eigenvalue weighted by molar-refractivity contribution is -0.190. The molecule has 1 heterocycles. The first kappa shape index (κ1) is 19.1. The van der Waals surface area contributed by atoms with Crippen LogP contribution in [0.15, 0.2) is 37.0 Å². The Hall–Kier alpha value is -1.23. The number of ketones is 1. The van der Waals surface area contributed by atoms with Crippen molar-refractivity contribution in [3.05, 3.63) is 37.0 Å². The van der Waals surface area contributed by atoms with Crippen LogP contribution in [0.2, 0.25) is 0 Å². The summed E-state index contributed by atoms with van der Waals surface area (Å²) >= 11 is 0. The second-order valence-electron chi connectivity index (χ2n) is 9.20. The Morgan fingerprint density at radius 1 is 1.22 bits per heavy atom. The van der Waals surface area contributed by atoms with E-state index in [4.69, 9.17) is 9.47 Å². The second kappa shape index (κ2) is 6.68. The van der Waals surface area contributed by atoms with Crippen molar-refractivity contribution >= 4 is 5.78 Å². The molecule has 3 aliphatic carbocycles. The van der Waals surface area contributed by atoms with Gasteiger partial charge in [0.25, 0.3) is 0 Å². The predicted molar refractivity (Wildman–Crippen MR) is 104 cm³/mol. The summed E-state index contributed by atoms with van der Waals surface area (Å²) in [5.41, 5.74) is 0.607. The van der Waals surface area contributed by atoms with Gasteiger partial charge < -0.3 is 14.6 Å². The summed E-state index contributed by atoms with van der Waals surface area (Å²) < 4.78 is 11.9. The highest BCUT2D eigenvalue weighted by atomic mass is 16.7. The van der Waals surface area contributed by atoms with Gasteiger partial charge in [0, 0.05) is 30.1 Å². The highest BCUT2D eigenvalue weighted by Crippen LogP contribution is 2.61. The van der Waals surface area contributed by atoms with Crippen molar-refractivity contribution in [2.75, 3.05) is 13.2 Å². The fourth-order valence-electron chi connectivity index (χ4n) is 6.47. The van der Waals surface area contributed by atoms with Crippen LogP contribution in [0.1, 0.15) is 51.9 Å². The van der Waals surface area contributed by atoms with E-state index in [1.165, 1.54) is 5.57 Å². The smallest absolute Gasteiger partial charge is 0.172 e. The van der Waals surface area contributed by atoms with Crippen LogP contribution in [0, 0.1) is 22.7 Å². The Morgan fingerprint density at radius 3 is 2.52 bits per heavy atom. The van der Waals surface area contributed by atoms with Crippen LogP contribution >= 0.6 is 0 Å². The molecule has 0 bridgehead atoms. The van der Waals surface area contributed by atoms with Gasteiger partial charge in [-0.3, -0.25) is 4.79 Å². The maximum atomic E-state index is 13.6. The van der Waals surface area contributed by atoms with Gasteiger partial charge in [0.05, 0.1) is 19.3 Å². The molecule has 148 valence electrons. The number of ether oxygens (including phenoxy) is 2. The summed E-state index contributed by atoms with van der Waals surface area (Å²) in [6.07, 6.45) is 10.3. The molecular weight excluding hydrogens is 340 g/mol. The van der Waals surface area contributed by atoms with E-state index in [0.29, 0.717) is 44.7 Å². The van der Waals surface area contributed by atoms with Gasteiger partial charge in [0.15, 0.2) is 5.79 Å². The van der Waals surface area contributed by atoms with E-state index in [-0.39, 0.29) is 17.3 Å². The summed E-state index contributed by atoms with van der Waals surface area (Å²) in [4.78, 5) is 13.6. The Bertz CT molecular complexity index is 662. The molecule has 4 nitrogen and oxygen atoms in total. The lowest BCUT2D eigenvalue weighted by Gasteiger charge is -2.57. The fraction of sp³-hybridized carbons (Fsp3) is 0.696. The summed E-state index contributed by atoms with van der Waals surface area (Å²) in [7, 11) is 0. The van der Waals surface area contributed by atoms with Crippen LogP contribution in [0.3, 0.4) is 0 Å². The maximum Gasteiger partial charge on any atom is 0.172 e. The van der Waals surface area contributed by atoms with E-state index >= 15 is 0 Å². The zero-order chi connectivity index (χ0) is 19.3. The molecule has 0 aromatic heterocycles. The highest BCUT2D eigenvalue weighted by molar-refractivity contribution is 5.89. The molecule has 4 atom stereocenters. The Balaban J connectivity index is 1.67. The van der Waals surface area contributed by atoms with Crippen LogP contribution in [-0.4, -0.2) is 36.0 Å². The van der Waals surface area contributed by atoms with Crippen molar-refractivity contribution in [1.82, 2.24) is 0 Å². The zero-order valence-electron chi connectivity index (χ0n) is 16.4. The van der Waals surface area contributed by atoms with Gasteiger partial charge in [-0.2, -0.15) is 0 Å². The molecule has 1 saturated heterocycles. The van der Waals surface area contributed by atoms with E-state index < -0.39 is 17.3 Å². The topological polar surface area (TPSA) is 55.8 Å². The number of fused-ring (bicyclic) bond motifs is 3. The fourth-order valence-corrected chi connectivity index (χ4v) is 6.47. The average Bonchev–Trinajstić information content (AvgIpc) is 3.08. The molecule has 1 aliphatic heterocycles. The van der Waals surface area contributed by atoms with Gasteiger partial charge in [0.1, 0.15) is 5.78 Å². The van der Waals surface area contributed by atoms with Crippen molar-refractivity contribution in [2.45, 2.75) is 63.8 Å². The molecule has 27 heavy (non-hydrogen) atoms. The van der Waals surface area contributed by atoms with Gasteiger partial charge in [-0.1, -0.05) is 30.7 Å². The number of carbonyl (C=O) groups is 1. The van der Waals surface area contributed by atoms with Crippen molar-refractivity contribution in [1.29, 1.82) is 0 Å². The van der Waals surface area contributed by atoms with E-state index in [2.05, 4.69) is 26.2 Å². The van der Waals surface area contributed by atoms with Gasteiger partial charge in [0.2, 0.25) is 0 Å². The molecule has 0 amide bonds.